The van der Waals surface area contributed by atoms with Crippen molar-refractivity contribution in [2.24, 2.45) is 17.8 Å². The molecule has 0 spiro atoms. The number of ether oxygens (including phenoxy) is 1. The molecule has 1 aliphatic heterocycles. The third kappa shape index (κ3) is 3.35. The standard InChI is InChI=1S/C21H28O/c1-15(2)8-7-11-18-12-16(3)19-13-20(18)21(22-14-19)17-9-5-4-6-10-17/h4-6,8-11,16,19-21H,7,12-14H2,1-3H3/t16-,19-,20+,21+/m1/s1. The lowest BCUT2D eigenvalue weighted by Gasteiger charge is -2.45. The molecular formula is C21H28O. The van der Waals surface area contributed by atoms with Crippen LogP contribution in [0, 0.1) is 17.8 Å². The summed E-state index contributed by atoms with van der Waals surface area (Å²) >= 11 is 0. The maximum absolute atomic E-state index is 6.30. The third-order valence-corrected chi connectivity index (χ3v) is 5.28. The highest BCUT2D eigenvalue weighted by Crippen LogP contribution is 2.48. The van der Waals surface area contributed by atoms with Crippen molar-refractivity contribution in [1.82, 2.24) is 0 Å². The molecule has 1 saturated heterocycles. The van der Waals surface area contributed by atoms with Crippen molar-refractivity contribution < 1.29 is 4.74 Å². The number of hydrogen-bond donors (Lipinski definition) is 0. The van der Waals surface area contributed by atoms with Crippen LogP contribution in [0.5, 0.6) is 0 Å². The molecule has 1 aromatic rings. The molecule has 2 fully saturated rings. The predicted octanol–water partition coefficient (Wildman–Crippen LogP) is 5.70. The molecule has 0 N–H and O–H groups in total. The number of rotatable bonds is 3. The lowest BCUT2D eigenvalue weighted by atomic mass is 9.67. The van der Waals surface area contributed by atoms with Crippen LogP contribution in [0.2, 0.25) is 0 Å². The van der Waals surface area contributed by atoms with Gasteiger partial charge in [-0.05, 0) is 50.5 Å². The molecule has 4 atom stereocenters. The molecule has 22 heavy (non-hydrogen) atoms. The average Bonchev–Trinajstić information content (AvgIpc) is 2.53. The molecule has 3 rings (SSSR count). The molecule has 0 aromatic heterocycles. The van der Waals surface area contributed by atoms with E-state index in [1.54, 1.807) is 5.57 Å². The number of benzene rings is 1. The van der Waals surface area contributed by atoms with Crippen molar-refractivity contribution in [3.05, 3.63) is 59.2 Å². The van der Waals surface area contributed by atoms with E-state index in [0.717, 1.165) is 24.9 Å². The molecule has 1 heterocycles. The van der Waals surface area contributed by atoms with Crippen molar-refractivity contribution in [3.8, 4) is 0 Å². The first-order valence-electron chi connectivity index (χ1n) is 8.64. The lowest BCUT2D eigenvalue weighted by molar-refractivity contribution is -0.0746. The second-order valence-corrected chi connectivity index (χ2v) is 7.24. The minimum atomic E-state index is 0.253. The van der Waals surface area contributed by atoms with Gasteiger partial charge in [-0.25, -0.2) is 0 Å². The monoisotopic (exact) mass is 296 g/mol. The summed E-state index contributed by atoms with van der Waals surface area (Å²) in [6, 6.07) is 10.8. The van der Waals surface area contributed by atoms with Crippen LogP contribution in [-0.2, 0) is 4.74 Å². The first-order valence-corrected chi connectivity index (χ1v) is 8.64. The van der Waals surface area contributed by atoms with Gasteiger partial charge in [-0.3, -0.25) is 0 Å². The van der Waals surface area contributed by atoms with E-state index >= 15 is 0 Å². The van der Waals surface area contributed by atoms with Crippen molar-refractivity contribution in [1.29, 1.82) is 0 Å². The van der Waals surface area contributed by atoms with E-state index in [4.69, 9.17) is 4.74 Å². The molecule has 1 aliphatic carbocycles. The van der Waals surface area contributed by atoms with E-state index in [1.165, 1.54) is 24.0 Å². The Balaban J connectivity index is 1.84. The summed E-state index contributed by atoms with van der Waals surface area (Å²) in [5.41, 5.74) is 4.36. The van der Waals surface area contributed by atoms with E-state index in [9.17, 15) is 0 Å². The van der Waals surface area contributed by atoms with Crippen LogP contribution in [0.1, 0.15) is 51.7 Å². The molecule has 118 valence electrons. The third-order valence-electron chi connectivity index (χ3n) is 5.28. The molecule has 0 amide bonds. The predicted molar refractivity (Wildman–Crippen MR) is 92.6 cm³/mol. The van der Waals surface area contributed by atoms with Crippen LogP contribution in [0.3, 0.4) is 0 Å². The Hall–Kier alpha value is -1.34. The topological polar surface area (TPSA) is 9.23 Å². The van der Waals surface area contributed by atoms with Gasteiger partial charge < -0.3 is 4.74 Å². The van der Waals surface area contributed by atoms with Crippen LogP contribution in [0.25, 0.3) is 0 Å². The maximum atomic E-state index is 6.30. The van der Waals surface area contributed by atoms with E-state index in [2.05, 4.69) is 63.3 Å². The summed E-state index contributed by atoms with van der Waals surface area (Å²) in [6.45, 7) is 7.67. The number of fused-ring (bicyclic) bond motifs is 2. The van der Waals surface area contributed by atoms with Gasteiger partial charge in [0, 0.05) is 5.92 Å². The SMILES string of the molecule is CC(C)=CCC=C1C[C@@H](C)[C@H]2CO[C@@H](c3ccccc3)[C@H]1C2. The van der Waals surface area contributed by atoms with Gasteiger partial charge in [0.2, 0.25) is 0 Å². The molecular weight excluding hydrogens is 268 g/mol. The maximum Gasteiger partial charge on any atom is 0.0890 e. The first kappa shape index (κ1) is 15.6. The van der Waals surface area contributed by atoms with Gasteiger partial charge in [-0.15, -0.1) is 0 Å². The summed E-state index contributed by atoms with van der Waals surface area (Å²) < 4.78 is 6.30. The molecule has 1 nitrogen and oxygen atoms in total. The second-order valence-electron chi connectivity index (χ2n) is 7.24. The Kier molecular flexibility index (Phi) is 4.83. The fourth-order valence-electron chi connectivity index (χ4n) is 3.95. The fraction of sp³-hybridized carbons (Fsp3) is 0.524. The van der Waals surface area contributed by atoms with Gasteiger partial charge in [0.05, 0.1) is 12.7 Å². The van der Waals surface area contributed by atoms with Crippen molar-refractivity contribution >= 4 is 0 Å². The number of allylic oxidation sites excluding steroid dienone is 3. The van der Waals surface area contributed by atoms with Crippen LogP contribution in [0.15, 0.2) is 53.6 Å². The van der Waals surface area contributed by atoms with Crippen molar-refractivity contribution in [2.75, 3.05) is 6.61 Å². The van der Waals surface area contributed by atoms with Crippen molar-refractivity contribution in [2.45, 2.75) is 46.1 Å². The molecule has 0 unspecified atom stereocenters. The Morgan fingerprint density at radius 2 is 2.00 bits per heavy atom. The normalized spacial score (nSPS) is 32.8. The van der Waals surface area contributed by atoms with E-state index in [-0.39, 0.29) is 6.10 Å². The quantitative estimate of drug-likeness (QED) is 0.650. The highest BCUT2D eigenvalue weighted by molar-refractivity contribution is 5.25. The summed E-state index contributed by atoms with van der Waals surface area (Å²) in [7, 11) is 0. The Morgan fingerprint density at radius 1 is 1.23 bits per heavy atom. The molecule has 1 saturated carbocycles. The minimum Gasteiger partial charge on any atom is -0.373 e. The van der Waals surface area contributed by atoms with E-state index in [0.29, 0.717) is 5.92 Å². The molecule has 2 bridgehead atoms. The van der Waals surface area contributed by atoms with Crippen LogP contribution in [-0.4, -0.2) is 6.61 Å². The van der Waals surface area contributed by atoms with E-state index in [1.807, 2.05) is 0 Å². The average molecular weight is 296 g/mol. The molecule has 1 aromatic carbocycles. The summed E-state index contributed by atoms with van der Waals surface area (Å²) in [5.74, 6) is 2.07. The summed E-state index contributed by atoms with van der Waals surface area (Å²) in [5, 5.41) is 0. The highest BCUT2D eigenvalue weighted by atomic mass is 16.5. The Labute approximate surface area is 135 Å². The van der Waals surface area contributed by atoms with Gasteiger partial charge in [-0.1, -0.05) is 60.6 Å². The van der Waals surface area contributed by atoms with Gasteiger partial charge in [0.15, 0.2) is 0 Å². The Morgan fingerprint density at radius 3 is 2.73 bits per heavy atom. The largest absolute Gasteiger partial charge is 0.373 e. The van der Waals surface area contributed by atoms with Gasteiger partial charge in [0.1, 0.15) is 0 Å². The summed E-state index contributed by atoms with van der Waals surface area (Å²) in [4.78, 5) is 0. The molecule has 0 radical (unpaired) electrons. The smallest absolute Gasteiger partial charge is 0.0890 e. The second kappa shape index (κ2) is 6.83. The highest BCUT2D eigenvalue weighted by Gasteiger charge is 2.40. The molecule has 1 heteroatoms. The first-order chi connectivity index (χ1) is 10.6. The minimum absolute atomic E-state index is 0.253. The lowest BCUT2D eigenvalue weighted by Crippen LogP contribution is -2.38. The zero-order valence-electron chi connectivity index (χ0n) is 14.1. The van der Waals surface area contributed by atoms with Crippen molar-refractivity contribution in [3.63, 3.8) is 0 Å². The number of hydrogen-bond acceptors (Lipinski definition) is 1. The molecule has 2 aliphatic rings. The van der Waals surface area contributed by atoms with Crippen LogP contribution < -0.4 is 0 Å². The fourth-order valence-corrected chi connectivity index (χ4v) is 3.95. The summed E-state index contributed by atoms with van der Waals surface area (Å²) in [6.07, 6.45) is 8.65. The zero-order chi connectivity index (χ0) is 15.5. The zero-order valence-corrected chi connectivity index (χ0v) is 14.1. The van der Waals surface area contributed by atoms with Crippen LogP contribution >= 0.6 is 0 Å². The Bertz CT molecular complexity index is 551. The van der Waals surface area contributed by atoms with Gasteiger partial charge in [-0.2, -0.15) is 0 Å². The van der Waals surface area contributed by atoms with E-state index < -0.39 is 0 Å². The van der Waals surface area contributed by atoms with Crippen LogP contribution in [0.4, 0.5) is 0 Å². The van der Waals surface area contributed by atoms with Gasteiger partial charge in [0.25, 0.3) is 0 Å². The van der Waals surface area contributed by atoms with Gasteiger partial charge >= 0.3 is 0 Å².